The van der Waals surface area contributed by atoms with Crippen LogP contribution in [0, 0.1) is 0 Å². The van der Waals surface area contributed by atoms with Gasteiger partial charge in [-0.2, -0.15) is 13.2 Å². The summed E-state index contributed by atoms with van der Waals surface area (Å²) in [6.07, 6.45) is -5.68. The third kappa shape index (κ3) is 5.03. The van der Waals surface area contributed by atoms with Gasteiger partial charge in [-0.1, -0.05) is 29.8 Å². The molecule has 2 aromatic carbocycles. The van der Waals surface area contributed by atoms with Gasteiger partial charge in [0.1, 0.15) is 5.75 Å². The maximum atomic E-state index is 12.8. The summed E-state index contributed by atoms with van der Waals surface area (Å²) in [7, 11) is 1.45. The number of benzene rings is 2. The zero-order chi connectivity index (χ0) is 19.3. The van der Waals surface area contributed by atoms with E-state index in [2.05, 4.69) is 10.6 Å². The molecule has 0 radical (unpaired) electrons. The molecule has 0 heterocycles. The standard InChI is InChI=1S/C17H16ClF3N2O3/c1-26-15-5-3-2-4-11(15)14(24)9-22-16(25)23-10-6-7-13(18)12(8-10)17(19,20)21/h2-8,14,24H,9H2,1H3,(H2,22,23,25). The molecule has 0 aromatic heterocycles. The fourth-order valence-corrected chi connectivity index (χ4v) is 2.46. The SMILES string of the molecule is COc1ccccc1C(O)CNC(=O)Nc1ccc(Cl)c(C(F)(F)F)c1. The second-order valence-corrected chi connectivity index (χ2v) is 5.69. The number of urea groups is 1. The highest BCUT2D eigenvalue weighted by Gasteiger charge is 2.33. The second kappa shape index (κ2) is 8.29. The summed E-state index contributed by atoms with van der Waals surface area (Å²) in [4.78, 5) is 11.9. The van der Waals surface area contributed by atoms with Gasteiger partial charge in [-0.05, 0) is 24.3 Å². The van der Waals surface area contributed by atoms with Crippen LogP contribution >= 0.6 is 11.6 Å². The number of para-hydroxylation sites is 1. The minimum atomic E-state index is -4.63. The number of hydrogen-bond donors (Lipinski definition) is 3. The van der Waals surface area contributed by atoms with Gasteiger partial charge >= 0.3 is 12.2 Å². The monoisotopic (exact) mass is 388 g/mol. The zero-order valence-corrected chi connectivity index (χ0v) is 14.4. The van der Waals surface area contributed by atoms with Crippen LogP contribution in [0.3, 0.4) is 0 Å². The minimum Gasteiger partial charge on any atom is -0.496 e. The smallest absolute Gasteiger partial charge is 0.417 e. The Labute approximate surface area is 152 Å². The van der Waals surface area contributed by atoms with Crippen LogP contribution < -0.4 is 15.4 Å². The topological polar surface area (TPSA) is 70.6 Å². The van der Waals surface area contributed by atoms with Gasteiger partial charge in [0, 0.05) is 17.8 Å². The van der Waals surface area contributed by atoms with Gasteiger partial charge in [-0.3, -0.25) is 0 Å². The molecule has 2 rings (SSSR count). The minimum absolute atomic E-state index is 0.0778. The average molecular weight is 389 g/mol. The fraction of sp³-hybridized carbons (Fsp3) is 0.235. The van der Waals surface area contributed by atoms with E-state index in [1.165, 1.54) is 13.2 Å². The summed E-state index contributed by atoms with van der Waals surface area (Å²) < 4.78 is 43.6. The molecule has 0 spiro atoms. The van der Waals surface area contributed by atoms with Crippen molar-refractivity contribution >= 4 is 23.3 Å². The number of aliphatic hydroxyl groups is 1. The number of rotatable bonds is 5. The van der Waals surface area contributed by atoms with E-state index in [9.17, 15) is 23.1 Å². The molecule has 9 heteroatoms. The Bertz CT molecular complexity index is 784. The lowest BCUT2D eigenvalue weighted by Gasteiger charge is -2.16. The van der Waals surface area contributed by atoms with Gasteiger partial charge in [-0.25, -0.2) is 4.79 Å². The van der Waals surface area contributed by atoms with Gasteiger partial charge < -0.3 is 20.5 Å². The summed E-state index contributed by atoms with van der Waals surface area (Å²) in [5.74, 6) is 0.453. The number of anilines is 1. The number of nitrogens with one attached hydrogen (secondary N) is 2. The van der Waals surface area contributed by atoms with Crippen molar-refractivity contribution in [2.24, 2.45) is 0 Å². The molecule has 0 saturated carbocycles. The van der Waals surface area contributed by atoms with Crippen LogP contribution in [0.2, 0.25) is 5.02 Å². The molecule has 26 heavy (non-hydrogen) atoms. The van der Waals surface area contributed by atoms with Crippen LogP contribution in [-0.2, 0) is 6.18 Å². The molecule has 3 N–H and O–H groups in total. The van der Waals surface area contributed by atoms with E-state index in [0.717, 1.165) is 12.1 Å². The van der Waals surface area contributed by atoms with Crippen LogP contribution in [0.5, 0.6) is 5.75 Å². The number of carbonyl (C=O) groups excluding carboxylic acids is 1. The van der Waals surface area contributed by atoms with Crippen LogP contribution in [0.1, 0.15) is 17.2 Å². The van der Waals surface area contributed by atoms with Crippen molar-refractivity contribution in [3.05, 3.63) is 58.6 Å². The van der Waals surface area contributed by atoms with E-state index in [4.69, 9.17) is 16.3 Å². The Kier molecular flexibility index (Phi) is 6.33. The van der Waals surface area contributed by atoms with Crippen molar-refractivity contribution in [2.45, 2.75) is 12.3 Å². The maximum absolute atomic E-state index is 12.8. The van der Waals surface area contributed by atoms with Gasteiger partial charge in [0.15, 0.2) is 0 Å². The van der Waals surface area contributed by atoms with E-state index in [0.29, 0.717) is 11.3 Å². The molecule has 2 aromatic rings. The number of aliphatic hydroxyl groups excluding tert-OH is 1. The quantitative estimate of drug-likeness (QED) is 0.718. The first-order chi connectivity index (χ1) is 12.2. The first kappa shape index (κ1) is 19.9. The highest BCUT2D eigenvalue weighted by atomic mass is 35.5. The summed E-state index contributed by atoms with van der Waals surface area (Å²) in [6, 6.07) is 8.98. The van der Waals surface area contributed by atoms with Crippen LogP contribution in [0.25, 0.3) is 0 Å². The van der Waals surface area contributed by atoms with Gasteiger partial charge in [0.25, 0.3) is 0 Å². The van der Waals surface area contributed by atoms with E-state index >= 15 is 0 Å². The van der Waals surface area contributed by atoms with Crippen molar-refractivity contribution in [1.82, 2.24) is 5.32 Å². The number of alkyl halides is 3. The van der Waals surface area contributed by atoms with Crippen LogP contribution in [0.4, 0.5) is 23.7 Å². The molecule has 0 aliphatic rings. The highest BCUT2D eigenvalue weighted by Crippen LogP contribution is 2.36. The number of hydrogen-bond acceptors (Lipinski definition) is 3. The van der Waals surface area contributed by atoms with E-state index in [-0.39, 0.29) is 12.2 Å². The molecule has 0 saturated heterocycles. The Morgan fingerprint density at radius 2 is 1.96 bits per heavy atom. The molecule has 0 fully saturated rings. The lowest BCUT2D eigenvalue weighted by molar-refractivity contribution is -0.137. The summed E-state index contributed by atoms with van der Waals surface area (Å²) >= 11 is 5.52. The van der Waals surface area contributed by atoms with Crippen LogP contribution in [-0.4, -0.2) is 24.8 Å². The second-order valence-electron chi connectivity index (χ2n) is 5.29. The first-order valence-electron chi connectivity index (χ1n) is 7.45. The third-order valence-electron chi connectivity index (χ3n) is 3.48. The molecular weight excluding hydrogens is 373 g/mol. The molecule has 140 valence electrons. The van der Waals surface area contributed by atoms with Gasteiger partial charge in [0.2, 0.25) is 0 Å². The Morgan fingerprint density at radius 3 is 2.62 bits per heavy atom. The van der Waals surface area contributed by atoms with Crippen molar-refractivity contribution in [2.75, 3.05) is 19.0 Å². The number of halogens is 4. The molecule has 0 aliphatic carbocycles. The summed E-state index contributed by atoms with van der Waals surface area (Å²) in [5, 5.41) is 14.3. The maximum Gasteiger partial charge on any atom is 0.417 e. The summed E-state index contributed by atoms with van der Waals surface area (Å²) in [6.45, 7) is -0.161. The average Bonchev–Trinajstić information content (AvgIpc) is 2.60. The largest absolute Gasteiger partial charge is 0.496 e. The Morgan fingerprint density at radius 1 is 1.27 bits per heavy atom. The lowest BCUT2D eigenvalue weighted by atomic mass is 10.1. The molecule has 1 atom stereocenters. The van der Waals surface area contributed by atoms with Gasteiger partial charge in [0.05, 0.1) is 23.8 Å². The van der Waals surface area contributed by atoms with Crippen LogP contribution in [0.15, 0.2) is 42.5 Å². The molecular formula is C17H16ClF3N2O3. The predicted octanol–water partition coefficient (Wildman–Crippen LogP) is 4.22. The van der Waals surface area contributed by atoms with Crippen molar-refractivity contribution in [3.8, 4) is 5.75 Å². The van der Waals surface area contributed by atoms with Crippen molar-refractivity contribution in [3.63, 3.8) is 0 Å². The normalized spacial score (nSPS) is 12.4. The molecule has 0 bridgehead atoms. The fourth-order valence-electron chi connectivity index (χ4n) is 2.24. The number of amides is 2. The number of methoxy groups -OCH3 is 1. The summed E-state index contributed by atoms with van der Waals surface area (Å²) in [5.41, 5.74) is -0.654. The predicted molar refractivity (Wildman–Crippen MR) is 91.4 cm³/mol. The Hall–Kier alpha value is -2.45. The first-order valence-corrected chi connectivity index (χ1v) is 7.82. The van der Waals surface area contributed by atoms with E-state index in [1.807, 2.05) is 0 Å². The highest BCUT2D eigenvalue weighted by molar-refractivity contribution is 6.31. The zero-order valence-electron chi connectivity index (χ0n) is 13.6. The number of carbonyl (C=O) groups is 1. The molecule has 1 unspecified atom stereocenters. The van der Waals surface area contributed by atoms with E-state index in [1.54, 1.807) is 24.3 Å². The van der Waals surface area contributed by atoms with Gasteiger partial charge in [-0.15, -0.1) is 0 Å². The lowest BCUT2D eigenvalue weighted by Crippen LogP contribution is -2.32. The van der Waals surface area contributed by atoms with E-state index < -0.39 is 28.9 Å². The third-order valence-corrected chi connectivity index (χ3v) is 3.81. The number of ether oxygens (including phenoxy) is 1. The molecule has 2 amide bonds. The molecule has 5 nitrogen and oxygen atoms in total. The molecule has 0 aliphatic heterocycles. The van der Waals surface area contributed by atoms with Crippen molar-refractivity contribution < 1.29 is 27.8 Å². The Balaban J connectivity index is 1.99. The van der Waals surface area contributed by atoms with Crippen molar-refractivity contribution in [1.29, 1.82) is 0 Å².